The maximum Gasteiger partial charge on any atom is 0.246 e. The second kappa shape index (κ2) is 6.30. The van der Waals surface area contributed by atoms with E-state index < -0.39 is 0 Å². The van der Waals surface area contributed by atoms with E-state index in [1.165, 1.54) is 0 Å². The zero-order valence-corrected chi connectivity index (χ0v) is 12.5. The SMILES string of the molecule is C#CCC(CC)N1C(=O)C2CCCCN2C(=O)C1CC. The van der Waals surface area contributed by atoms with Gasteiger partial charge in [0.15, 0.2) is 0 Å². The van der Waals surface area contributed by atoms with Crippen LogP contribution in [0.15, 0.2) is 0 Å². The molecule has 2 amide bonds. The van der Waals surface area contributed by atoms with Crippen molar-refractivity contribution in [2.75, 3.05) is 6.54 Å². The predicted octanol–water partition coefficient (Wildman–Crippen LogP) is 1.79. The fourth-order valence-corrected chi connectivity index (χ4v) is 3.47. The number of rotatable bonds is 4. The van der Waals surface area contributed by atoms with Crippen molar-refractivity contribution in [3.05, 3.63) is 0 Å². The van der Waals surface area contributed by atoms with Crippen molar-refractivity contribution >= 4 is 11.8 Å². The lowest BCUT2D eigenvalue weighted by atomic mass is 9.92. The third kappa shape index (κ3) is 2.42. The standard InChI is InChI=1S/C16H24N2O2/c1-4-9-12(5-2)18-13(6-3)15(19)17-11-8-7-10-14(17)16(18)20/h1,12-14H,5-11H2,2-3H3. The van der Waals surface area contributed by atoms with Gasteiger partial charge in [-0.2, -0.15) is 0 Å². The highest BCUT2D eigenvalue weighted by atomic mass is 16.2. The third-order valence-corrected chi connectivity index (χ3v) is 4.55. The monoisotopic (exact) mass is 276 g/mol. The van der Waals surface area contributed by atoms with Crippen LogP contribution in [0, 0.1) is 12.3 Å². The Kier molecular flexibility index (Phi) is 4.69. The van der Waals surface area contributed by atoms with E-state index in [1.807, 2.05) is 13.8 Å². The molecule has 0 aromatic heterocycles. The Morgan fingerprint density at radius 2 is 2.05 bits per heavy atom. The number of terminal acetylenes is 1. The Balaban J connectivity index is 2.31. The van der Waals surface area contributed by atoms with Crippen LogP contribution in [0.2, 0.25) is 0 Å². The van der Waals surface area contributed by atoms with Crippen LogP contribution in [0.5, 0.6) is 0 Å². The zero-order valence-electron chi connectivity index (χ0n) is 12.5. The Labute approximate surface area is 121 Å². The molecule has 110 valence electrons. The predicted molar refractivity (Wildman–Crippen MR) is 77.8 cm³/mol. The Hall–Kier alpha value is -1.50. The summed E-state index contributed by atoms with van der Waals surface area (Å²) in [6.45, 7) is 4.72. The first-order valence-corrected chi connectivity index (χ1v) is 7.71. The summed E-state index contributed by atoms with van der Waals surface area (Å²) in [5.74, 6) is 2.88. The quantitative estimate of drug-likeness (QED) is 0.735. The lowest BCUT2D eigenvalue weighted by molar-refractivity contribution is -0.166. The lowest BCUT2D eigenvalue weighted by Gasteiger charge is -2.49. The van der Waals surface area contributed by atoms with Gasteiger partial charge in [0.2, 0.25) is 11.8 Å². The molecule has 3 atom stereocenters. The number of carbonyl (C=O) groups is 2. The number of piperazine rings is 1. The van der Waals surface area contributed by atoms with E-state index in [4.69, 9.17) is 6.42 Å². The summed E-state index contributed by atoms with van der Waals surface area (Å²) >= 11 is 0. The summed E-state index contributed by atoms with van der Waals surface area (Å²) in [7, 11) is 0. The molecular weight excluding hydrogens is 252 g/mol. The first kappa shape index (κ1) is 14.9. The molecule has 2 heterocycles. The van der Waals surface area contributed by atoms with Gasteiger partial charge in [-0.1, -0.05) is 13.8 Å². The maximum atomic E-state index is 12.8. The second-order valence-corrected chi connectivity index (χ2v) is 5.68. The molecular formula is C16H24N2O2. The largest absolute Gasteiger partial charge is 0.329 e. The summed E-state index contributed by atoms with van der Waals surface area (Å²) in [5.41, 5.74) is 0. The highest BCUT2D eigenvalue weighted by molar-refractivity contribution is 5.97. The highest BCUT2D eigenvalue weighted by Gasteiger charge is 2.47. The van der Waals surface area contributed by atoms with Crippen LogP contribution in [0.25, 0.3) is 0 Å². The third-order valence-electron chi connectivity index (χ3n) is 4.55. The molecule has 0 aliphatic carbocycles. The first-order valence-electron chi connectivity index (χ1n) is 7.71. The summed E-state index contributed by atoms with van der Waals surface area (Å²) < 4.78 is 0. The van der Waals surface area contributed by atoms with E-state index in [2.05, 4.69) is 5.92 Å². The molecule has 0 bridgehead atoms. The minimum absolute atomic E-state index is 0.00882. The topological polar surface area (TPSA) is 40.6 Å². The Bertz CT molecular complexity index is 427. The first-order chi connectivity index (χ1) is 9.65. The van der Waals surface area contributed by atoms with Crippen molar-refractivity contribution in [1.82, 2.24) is 9.80 Å². The van der Waals surface area contributed by atoms with Crippen LogP contribution < -0.4 is 0 Å². The van der Waals surface area contributed by atoms with E-state index in [0.717, 1.165) is 32.2 Å². The highest BCUT2D eigenvalue weighted by Crippen LogP contribution is 2.30. The second-order valence-electron chi connectivity index (χ2n) is 5.68. The molecule has 0 saturated carbocycles. The molecule has 2 rings (SSSR count). The van der Waals surface area contributed by atoms with Crippen molar-refractivity contribution < 1.29 is 9.59 Å². The number of nitrogens with zero attached hydrogens (tertiary/aromatic N) is 2. The van der Waals surface area contributed by atoms with Gasteiger partial charge in [-0.15, -0.1) is 12.3 Å². The van der Waals surface area contributed by atoms with Gasteiger partial charge in [0.05, 0.1) is 0 Å². The maximum absolute atomic E-state index is 12.8. The summed E-state index contributed by atoms with van der Waals surface area (Å²) in [4.78, 5) is 29.1. The fourth-order valence-electron chi connectivity index (χ4n) is 3.47. The van der Waals surface area contributed by atoms with Crippen LogP contribution in [0.4, 0.5) is 0 Å². The van der Waals surface area contributed by atoms with Crippen molar-refractivity contribution in [2.24, 2.45) is 0 Å². The summed E-state index contributed by atoms with van der Waals surface area (Å²) in [5, 5.41) is 0. The van der Waals surface area contributed by atoms with E-state index in [0.29, 0.717) is 12.8 Å². The molecule has 4 heteroatoms. The van der Waals surface area contributed by atoms with Gasteiger partial charge in [-0.3, -0.25) is 9.59 Å². The van der Waals surface area contributed by atoms with Gasteiger partial charge in [0.1, 0.15) is 12.1 Å². The van der Waals surface area contributed by atoms with Gasteiger partial charge < -0.3 is 9.80 Å². The molecule has 0 aromatic rings. The number of fused-ring (bicyclic) bond motifs is 1. The molecule has 2 aliphatic heterocycles. The minimum atomic E-state index is -0.324. The molecule has 0 aromatic carbocycles. The number of amides is 2. The summed E-state index contributed by atoms with van der Waals surface area (Å²) in [6.07, 6.45) is 10.2. The van der Waals surface area contributed by atoms with Gasteiger partial charge in [0.25, 0.3) is 0 Å². The van der Waals surface area contributed by atoms with Gasteiger partial charge >= 0.3 is 0 Å². The van der Waals surface area contributed by atoms with Crippen LogP contribution in [0.3, 0.4) is 0 Å². The lowest BCUT2D eigenvalue weighted by Crippen LogP contribution is -2.67. The molecule has 20 heavy (non-hydrogen) atoms. The molecule has 2 fully saturated rings. The molecule has 4 nitrogen and oxygen atoms in total. The van der Waals surface area contributed by atoms with Gasteiger partial charge in [-0.05, 0) is 32.1 Å². The smallest absolute Gasteiger partial charge is 0.246 e. The Morgan fingerprint density at radius 3 is 2.65 bits per heavy atom. The van der Waals surface area contributed by atoms with Gasteiger partial charge in [0, 0.05) is 19.0 Å². The van der Waals surface area contributed by atoms with Crippen LogP contribution in [-0.2, 0) is 9.59 Å². The summed E-state index contributed by atoms with van der Waals surface area (Å²) in [6, 6.07) is -0.577. The molecule has 0 spiro atoms. The average Bonchev–Trinajstić information content (AvgIpc) is 2.48. The molecule has 2 aliphatic rings. The molecule has 0 N–H and O–H groups in total. The molecule has 0 radical (unpaired) electrons. The Morgan fingerprint density at radius 1 is 1.30 bits per heavy atom. The zero-order chi connectivity index (χ0) is 14.7. The van der Waals surface area contributed by atoms with Crippen LogP contribution in [-0.4, -0.2) is 46.3 Å². The van der Waals surface area contributed by atoms with Gasteiger partial charge in [-0.25, -0.2) is 0 Å². The fraction of sp³-hybridized carbons (Fsp3) is 0.750. The van der Waals surface area contributed by atoms with Crippen molar-refractivity contribution in [3.63, 3.8) is 0 Å². The molecule has 3 unspecified atom stereocenters. The van der Waals surface area contributed by atoms with Crippen LogP contribution >= 0.6 is 0 Å². The number of hydrogen-bond donors (Lipinski definition) is 0. The van der Waals surface area contributed by atoms with Crippen molar-refractivity contribution in [3.8, 4) is 12.3 Å². The normalized spacial score (nSPS) is 28.1. The van der Waals surface area contributed by atoms with E-state index >= 15 is 0 Å². The number of hydrogen-bond acceptors (Lipinski definition) is 2. The number of piperidine rings is 1. The minimum Gasteiger partial charge on any atom is -0.329 e. The molecule has 2 saturated heterocycles. The number of carbonyl (C=O) groups excluding carboxylic acids is 2. The van der Waals surface area contributed by atoms with Crippen LogP contribution in [0.1, 0.15) is 52.4 Å². The van der Waals surface area contributed by atoms with E-state index in [-0.39, 0.29) is 29.9 Å². The van der Waals surface area contributed by atoms with Crippen molar-refractivity contribution in [1.29, 1.82) is 0 Å². The van der Waals surface area contributed by atoms with E-state index in [1.54, 1.807) is 9.80 Å². The van der Waals surface area contributed by atoms with E-state index in [9.17, 15) is 9.59 Å². The average molecular weight is 276 g/mol. The van der Waals surface area contributed by atoms with Crippen molar-refractivity contribution in [2.45, 2.75) is 70.5 Å².